The van der Waals surface area contributed by atoms with Gasteiger partial charge in [-0.15, -0.1) is 0 Å². The number of amides is 2. The van der Waals surface area contributed by atoms with Gasteiger partial charge in [0.2, 0.25) is 5.91 Å². The van der Waals surface area contributed by atoms with E-state index in [0.29, 0.717) is 32.5 Å². The van der Waals surface area contributed by atoms with Crippen LogP contribution in [0.3, 0.4) is 0 Å². The summed E-state index contributed by atoms with van der Waals surface area (Å²) >= 11 is 0. The van der Waals surface area contributed by atoms with E-state index in [2.05, 4.69) is 15.8 Å². The topological polar surface area (TPSA) is 109 Å². The lowest BCUT2D eigenvalue weighted by Crippen LogP contribution is -2.60. The number of likely N-dealkylation sites (tertiary alicyclic amines) is 1. The highest BCUT2D eigenvalue weighted by Crippen LogP contribution is 2.35. The van der Waals surface area contributed by atoms with Crippen LogP contribution in [0.1, 0.15) is 31.4 Å². The van der Waals surface area contributed by atoms with E-state index in [9.17, 15) is 9.59 Å². The third kappa shape index (κ3) is 6.14. The van der Waals surface area contributed by atoms with Crippen molar-refractivity contribution in [2.24, 2.45) is 16.3 Å². The molecule has 0 aliphatic carbocycles. The molecule has 1 saturated heterocycles. The van der Waals surface area contributed by atoms with Crippen molar-refractivity contribution in [1.29, 1.82) is 0 Å². The summed E-state index contributed by atoms with van der Waals surface area (Å²) in [6, 6.07) is 19.2. The zero-order valence-corrected chi connectivity index (χ0v) is 20.5. The molecule has 8 nitrogen and oxygen atoms in total. The Morgan fingerprint density at radius 3 is 2.49 bits per heavy atom. The number of benzene rings is 2. The molecule has 2 atom stereocenters. The first-order valence-corrected chi connectivity index (χ1v) is 12.1. The van der Waals surface area contributed by atoms with E-state index >= 15 is 0 Å². The summed E-state index contributed by atoms with van der Waals surface area (Å²) in [6.45, 7) is 5.69. The fraction of sp³-hybridized carbons (Fsp3) is 0.444. The van der Waals surface area contributed by atoms with Crippen LogP contribution in [0.15, 0.2) is 65.8 Å². The van der Waals surface area contributed by atoms with Gasteiger partial charge in [0.1, 0.15) is 11.5 Å². The van der Waals surface area contributed by atoms with Crippen LogP contribution in [-0.2, 0) is 27.4 Å². The van der Waals surface area contributed by atoms with Gasteiger partial charge in [-0.25, -0.2) is 5.43 Å². The van der Waals surface area contributed by atoms with Gasteiger partial charge in [0, 0.05) is 31.6 Å². The quantitative estimate of drug-likeness (QED) is 0.484. The van der Waals surface area contributed by atoms with E-state index in [1.165, 1.54) is 0 Å². The van der Waals surface area contributed by atoms with E-state index < -0.39 is 17.0 Å². The molecule has 8 heteroatoms. The smallest absolute Gasteiger partial charge is 0.254 e. The minimum absolute atomic E-state index is 0.0894. The number of hydrogen-bond acceptors (Lipinski definition) is 6. The Bertz CT molecular complexity index is 1050. The third-order valence-electron chi connectivity index (χ3n) is 6.52. The van der Waals surface area contributed by atoms with E-state index in [-0.39, 0.29) is 25.0 Å². The van der Waals surface area contributed by atoms with Crippen molar-refractivity contribution >= 4 is 17.5 Å². The highest BCUT2D eigenvalue weighted by molar-refractivity contribution is 6.13. The summed E-state index contributed by atoms with van der Waals surface area (Å²) in [7, 11) is 0. The van der Waals surface area contributed by atoms with Gasteiger partial charge in [-0.2, -0.15) is 5.10 Å². The summed E-state index contributed by atoms with van der Waals surface area (Å²) in [6.07, 6.45) is 1.05. The number of carbonyl (C=O) groups excluding carboxylic acids is 2. The highest BCUT2D eigenvalue weighted by atomic mass is 16.5. The number of hydrazone groups is 1. The standard InChI is InChI=1S/C27H35N5O3/c1-26(2,28)18-29-22(17-35-16-21-11-7-4-8-12-21)24(33)32-14-13-23-27(19-32,25(34)31-30-23)15-20-9-5-3-6-10-20/h3-12,22,29H,13-19,28H2,1-2H3,(H,31,34)/t22-,27-/m1/s1. The molecule has 0 unspecified atom stereocenters. The number of rotatable bonds is 10. The predicted octanol–water partition coefficient (Wildman–Crippen LogP) is 1.85. The molecule has 0 spiro atoms. The predicted molar refractivity (Wildman–Crippen MR) is 136 cm³/mol. The molecule has 2 aromatic carbocycles. The normalized spacial score (nSPS) is 20.7. The summed E-state index contributed by atoms with van der Waals surface area (Å²) in [5.41, 5.74) is 10.4. The van der Waals surface area contributed by atoms with Crippen LogP contribution < -0.4 is 16.5 Å². The van der Waals surface area contributed by atoms with Crippen LogP contribution in [0.2, 0.25) is 0 Å². The van der Waals surface area contributed by atoms with Crippen LogP contribution in [0.25, 0.3) is 0 Å². The molecule has 1 fully saturated rings. The van der Waals surface area contributed by atoms with Gasteiger partial charge in [-0.1, -0.05) is 60.7 Å². The number of nitrogens with one attached hydrogen (secondary N) is 2. The number of nitrogens with zero attached hydrogens (tertiary/aromatic N) is 2. The Balaban J connectivity index is 1.49. The lowest BCUT2D eigenvalue weighted by Gasteiger charge is -2.40. The molecule has 0 radical (unpaired) electrons. The first-order valence-electron chi connectivity index (χ1n) is 12.1. The Kier molecular flexibility index (Phi) is 7.64. The molecule has 2 aromatic rings. The van der Waals surface area contributed by atoms with Gasteiger partial charge < -0.3 is 20.7 Å². The molecule has 2 aliphatic rings. The van der Waals surface area contributed by atoms with Crippen molar-refractivity contribution in [1.82, 2.24) is 15.6 Å². The van der Waals surface area contributed by atoms with Crippen LogP contribution >= 0.6 is 0 Å². The largest absolute Gasteiger partial charge is 0.375 e. The van der Waals surface area contributed by atoms with Gasteiger partial charge >= 0.3 is 0 Å². The minimum atomic E-state index is -0.849. The van der Waals surface area contributed by atoms with Gasteiger partial charge in [0.25, 0.3) is 5.91 Å². The molecular formula is C27H35N5O3. The molecule has 4 N–H and O–H groups in total. The molecule has 0 bridgehead atoms. The third-order valence-corrected chi connectivity index (χ3v) is 6.52. The molecule has 186 valence electrons. The first kappa shape index (κ1) is 25.0. The molecule has 2 aliphatic heterocycles. The summed E-state index contributed by atoms with van der Waals surface area (Å²) < 4.78 is 5.93. The fourth-order valence-electron chi connectivity index (χ4n) is 4.63. The SMILES string of the molecule is CC(C)(N)CN[C@H](COCc1ccccc1)C(=O)N1CCC2=NNC(=O)[C@]2(Cc2ccccc2)C1. The van der Waals surface area contributed by atoms with Crippen molar-refractivity contribution in [3.05, 3.63) is 71.8 Å². The van der Waals surface area contributed by atoms with Crippen molar-refractivity contribution < 1.29 is 14.3 Å². The van der Waals surface area contributed by atoms with E-state index in [1.54, 1.807) is 4.90 Å². The van der Waals surface area contributed by atoms with E-state index in [0.717, 1.165) is 16.8 Å². The number of hydrogen-bond donors (Lipinski definition) is 3. The summed E-state index contributed by atoms with van der Waals surface area (Å²) in [5.74, 6) is -0.240. The summed E-state index contributed by atoms with van der Waals surface area (Å²) in [4.78, 5) is 28.5. The maximum atomic E-state index is 13.7. The van der Waals surface area contributed by atoms with Gasteiger partial charge in [0.15, 0.2) is 0 Å². The zero-order valence-electron chi connectivity index (χ0n) is 20.5. The number of piperidine rings is 1. The molecular weight excluding hydrogens is 442 g/mol. The average Bonchev–Trinajstić information content (AvgIpc) is 3.16. The van der Waals surface area contributed by atoms with Gasteiger partial charge in [-0.3, -0.25) is 9.59 Å². The minimum Gasteiger partial charge on any atom is -0.375 e. The zero-order chi connectivity index (χ0) is 24.9. The molecule has 0 saturated carbocycles. The average molecular weight is 478 g/mol. The Hall–Kier alpha value is -3.07. The van der Waals surface area contributed by atoms with Crippen molar-refractivity contribution in [2.75, 3.05) is 26.2 Å². The van der Waals surface area contributed by atoms with Crippen molar-refractivity contribution in [2.45, 2.75) is 44.9 Å². The molecule has 4 rings (SSSR count). The van der Waals surface area contributed by atoms with E-state index in [4.69, 9.17) is 10.5 Å². The van der Waals surface area contributed by atoms with Crippen LogP contribution in [0.4, 0.5) is 0 Å². The second kappa shape index (κ2) is 10.7. The Morgan fingerprint density at radius 1 is 1.17 bits per heavy atom. The maximum Gasteiger partial charge on any atom is 0.254 e. The Labute approximate surface area is 206 Å². The Morgan fingerprint density at radius 2 is 1.83 bits per heavy atom. The molecule has 0 aromatic heterocycles. The monoisotopic (exact) mass is 477 g/mol. The molecule has 2 heterocycles. The number of nitrogens with two attached hydrogens (primary N) is 1. The van der Waals surface area contributed by atoms with Crippen LogP contribution in [-0.4, -0.2) is 60.2 Å². The first-order chi connectivity index (χ1) is 16.8. The second-order valence-corrected chi connectivity index (χ2v) is 10.2. The van der Waals surface area contributed by atoms with Crippen LogP contribution in [0.5, 0.6) is 0 Å². The van der Waals surface area contributed by atoms with Gasteiger partial charge in [0.05, 0.1) is 18.9 Å². The van der Waals surface area contributed by atoms with E-state index in [1.807, 2.05) is 74.5 Å². The van der Waals surface area contributed by atoms with Crippen LogP contribution in [0, 0.1) is 5.41 Å². The number of ether oxygens (including phenoxy) is 1. The number of carbonyl (C=O) groups is 2. The van der Waals surface area contributed by atoms with Crippen molar-refractivity contribution in [3.8, 4) is 0 Å². The second-order valence-electron chi connectivity index (χ2n) is 10.2. The summed E-state index contributed by atoms with van der Waals surface area (Å²) in [5, 5.41) is 7.62. The fourth-order valence-corrected chi connectivity index (χ4v) is 4.63. The number of fused-ring (bicyclic) bond motifs is 1. The molecule has 35 heavy (non-hydrogen) atoms. The molecule has 2 amide bonds. The van der Waals surface area contributed by atoms with Gasteiger partial charge in [-0.05, 0) is 31.4 Å². The van der Waals surface area contributed by atoms with Crippen molar-refractivity contribution in [3.63, 3.8) is 0 Å². The highest BCUT2D eigenvalue weighted by Gasteiger charge is 2.51. The maximum absolute atomic E-state index is 13.7. The lowest BCUT2D eigenvalue weighted by molar-refractivity contribution is -0.138. The lowest BCUT2D eigenvalue weighted by atomic mass is 9.73.